The maximum Gasteiger partial charge on any atom is 0.379 e. The first kappa shape index (κ1) is 11.5. The molecule has 0 aliphatic rings. The van der Waals surface area contributed by atoms with E-state index in [0.717, 1.165) is 0 Å². The Labute approximate surface area is 56.4 Å². The summed E-state index contributed by atoms with van der Waals surface area (Å²) in [6.07, 6.45) is -0.159. The monoisotopic (exact) mass is 149 g/mol. The molecule has 6 nitrogen and oxygen atoms in total. The van der Waals surface area contributed by atoms with Gasteiger partial charge in [0.15, 0.2) is 0 Å². The van der Waals surface area contributed by atoms with Gasteiger partial charge in [0.1, 0.15) is 6.61 Å². The molecule has 0 rings (SSSR count). The van der Waals surface area contributed by atoms with Crippen LogP contribution >= 0.6 is 0 Å². The average Bonchev–Trinajstić information content (AvgIpc) is 1.87. The van der Waals surface area contributed by atoms with E-state index in [1.165, 1.54) is 0 Å². The van der Waals surface area contributed by atoms with Gasteiger partial charge in [0.05, 0.1) is 0 Å². The second kappa shape index (κ2) is 5.86. The van der Waals surface area contributed by atoms with E-state index in [2.05, 4.69) is 4.74 Å². The van der Waals surface area contributed by atoms with Gasteiger partial charge in [0.25, 0.3) is 0 Å². The van der Waals surface area contributed by atoms with E-state index >= 15 is 0 Å². The summed E-state index contributed by atoms with van der Waals surface area (Å²) in [5.41, 5.74) is 0. The number of rotatable bonds is 2. The lowest BCUT2D eigenvalue weighted by molar-refractivity contribution is -0.163. The van der Waals surface area contributed by atoms with E-state index < -0.39 is 18.5 Å². The minimum atomic E-state index is -1.30. The highest BCUT2D eigenvalue weighted by molar-refractivity contribution is 6.22. The Balaban J connectivity index is 0. The van der Waals surface area contributed by atoms with Crippen LogP contribution in [0.3, 0.4) is 0 Å². The number of aliphatic hydroxyl groups is 1. The highest BCUT2D eigenvalue weighted by Crippen LogP contribution is 1.74. The molecule has 0 saturated heterocycles. The lowest BCUT2D eigenvalue weighted by atomic mass is 10.7. The summed E-state index contributed by atoms with van der Waals surface area (Å²) in [5, 5.41) is 7.94. The molecule has 6 heteroatoms. The molecule has 0 unspecified atom stereocenters. The highest BCUT2D eigenvalue weighted by atomic mass is 16.6. The van der Waals surface area contributed by atoms with E-state index in [1.807, 2.05) is 0 Å². The van der Waals surface area contributed by atoms with Gasteiger partial charge in [0.2, 0.25) is 6.29 Å². The van der Waals surface area contributed by atoms with Crippen molar-refractivity contribution in [1.82, 2.24) is 6.15 Å². The first-order valence-corrected chi connectivity index (χ1v) is 2.01. The van der Waals surface area contributed by atoms with Crippen LogP contribution in [0.4, 0.5) is 0 Å². The molecule has 0 spiro atoms. The third kappa shape index (κ3) is 4.88. The summed E-state index contributed by atoms with van der Waals surface area (Å²) in [7, 11) is 0. The molecular formula is C4H7NO5. The molecule has 0 atom stereocenters. The quantitative estimate of drug-likeness (QED) is 0.211. The summed E-state index contributed by atoms with van der Waals surface area (Å²) in [6.45, 7) is -0.903. The van der Waals surface area contributed by atoms with Gasteiger partial charge in [-0.25, -0.2) is 9.59 Å². The highest BCUT2D eigenvalue weighted by Gasteiger charge is 2.05. The van der Waals surface area contributed by atoms with Gasteiger partial charge in [-0.1, -0.05) is 0 Å². The van der Waals surface area contributed by atoms with Crippen LogP contribution in [-0.2, 0) is 19.1 Å². The number of hydrogen-bond acceptors (Lipinski definition) is 6. The van der Waals surface area contributed by atoms with Crippen LogP contribution in [0.25, 0.3) is 0 Å². The molecule has 4 N–H and O–H groups in total. The Morgan fingerprint density at radius 1 is 1.50 bits per heavy atom. The second-order valence-electron chi connectivity index (χ2n) is 1.07. The van der Waals surface area contributed by atoms with E-state index in [4.69, 9.17) is 5.11 Å². The molecule has 0 aliphatic carbocycles. The SMILES string of the molecule is N.O=CC(=O)OC(=O)CO. The number of ether oxygens (including phenoxy) is 1. The molecule has 0 aromatic carbocycles. The summed E-state index contributed by atoms with van der Waals surface area (Å²) < 4.78 is 3.65. The van der Waals surface area contributed by atoms with Gasteiger partial charge in [0, 0.05) is 0 Å². The lowest BCUT2D eigenvalue weighted by Gasteiger charge is -1.90. The van der Waals surface area contributed by atoms with Crippen molar-refractivity contribution in [3.05, 3.63) is 0 Å². The first-order valence-electron chi connectivity index (χ1n) is 2.01. The van der Waals surface area contributed by atoms with Gasteiger partial charge in [-0.15, -0.1) is 0 Å². The largest absolute Gasteiger partial charge is 0.386 e. The normalized spacial score (nSPS) is 7.30. The zero-order valence-corrected chi connectivity index (χ0v) is 5.07. The first-order chi connectivity index (χ1) is 4.20. The summed E-state index contributed by atoms with van der Waals surface area (Å²) >= 11 is 0. The third-order valence-corrected chi connectivity index (χ3v) is 0.440. The average molecular weight is 149 g/mol. The van der Waals surface area contributed by atoms with E-state index in [9.17, 15) is 14.4 Å². The number of esters is 2. The Kier molecular flexibility index (Phi) is 6.75. The maximum absolute atomic E-state index is 9.93. The molecular weight excluding hydrogens is 142 g/mol. The number of aliphatic hydroxyl groups excluding tert-OH is 1. The van der Waals surface area contributed by atoms with Gasteiger partial charge >= 0.3 is 11.9 Å². The lowest BCUT2D eigenvalue weighted by Crippen LogP contribution is -2.15. The zero-order valence-electron chi connectivity index (χ0n) is 5.07. The minimum Gasteiger partial charge on any atom is -0.386 e. The topological polar surface area (TPSA) is 116 Å². The molecule has 0 radical (unpaired) electrons. The van der Waals surface area contributed by atoms with Crippen molar-refractivity contribution < 1.29 is 24.2 Å². The summed E-state index contributed by atoms with van der Waals surface area (Å²) in [4.78, 5) is 29.2. The van der Waals surface area contributed by atoms with Crippen LogP contribution < -0.4 is 6.15 Å². The van der Waals surface area contributed by atoms with Gasteiger partial charge in [-0.3, -0.25) is 4.79 Å². The van der Waals surface area contributed by atoms with Crippen molar-refractivity contribution in [3.8, 4) is 0 Å². The second-order valence-corrected chi connectivity index (χ2v) is 1.07. The standard InChI is InChI=1S/C4H4O5.H3N/c5-1-3(7)9-4(8)2-6;/h1,6H,2H2;1H3. The summed E-state index contributed by atoms with van der Waals surface area (Å²) in [6, 6.07) is 0. The van der Waals surface area contributed by atoms with Crippen molar-refractivity contribution in [1.29, 1.82) is 0 Å². The fourth-order valence-electron chi connectivity index (χ4n) is 0.169. The van der Waals surface area contributed by atoms with E-state index in [-0.39, 0.29) is 12.4 Å². The van der Waals surface area contributed by atoms with Crippen LogP contribution in [-0.4, -0.2) is 29.9 Å². The molecule has 0 amide bonds. The zero-order chi connectivity index (χ0) is 7.28. The smallest absolute Gasteiger partial charge is 0.379 e. The fraction of sp³-hybridized carbons (Fsp3) is 0.250. The van der Waals surface area contributed by atoms with Crippen LogP contribution in [0.1, 0.15) is 0 Å². The van der Waals surface area contributed by atoms with Crippen molar-refractivity contribution in [3.63, 3.8) is 0 Å². The van der Waals surface area contributed by atoms with Gasteiger partial charge in [-0.2, -0.15) is 0 Å². The van der Waals surface area contributed by atoms with Crippen molar-refractivity contribution in [2.24, 2.45) is 0 Å². The molecule has 0 heterocycles. The number of aldehydes is 1. The molecule has 58 valence electrons. The molecule has 0 aliphatic heterocycles. The van der Waals surface area contributed by atoms with Crippen LogP contribution in [0.5, 0.6) is 0 Å². The molecule has 10 heavy (non-hydrogen) atoms. The Morgan fingerprint density at radius 3 is 2.30 bits per heavy atom. The summed E-state index contributed by atoms with van der Waals surface area (Å²) in [5.74, 6) is -2.43. The molecule has 0 fully saturated rings. The van der Waals surface area contributed by atoms with Crippen LogP contribution in [0.2, 0.25) is 0 Å². The van der Waals surface area contributed by atoms with E-state index in [1.54, 1.807) is 0 Å². The van der Waals surface area contributed by atoms with E-state index in [0.29, 0.717) is 0 Å². The Bertz CT molecular complexity index is 143. The third-order valence-electron chi connectivity index (χ3n) is 0.440. The Morgan fingerprint density at radius 2 is 2.00 bits per heavy atom. The van der Waals surface area contributed by atoms with Crippen LogP contribution in [0, 0.1) is 0 Å². The number of carbonyl (C=O) groups excluding carboxylic acids is 3. The maximum atomic E-state index is 9.93. The number of hydrogen-bond donors (Lipinski definition) is 2. The van der Waals surface area contributed by atoms with Gasteiger partial charge in [-0.05, 0) is 0 Å². The molecule has 0 bridgehead atoms. The van der Waals surface area contributed by atoms with Crippen LogP contribution in [0.15, 0.2) is 0 Å². The predicted octanol–water partition coefficient (Wildman–Crippen LogP) is -1.59. The van der Waals surface area contributed by atoms with Crippen molar-refractivity contribution in [2.75, 3.05) is 6.61 Å². The fourth-order valence-corrected chi connectivity index (χ4v) is 0.169. The van der Waals surface area contributed by atoms with Gasteiger partial charge < -0.3 is 16.0 Å². The molecule has 0 saturated carbocycles. The minimum absolute atomic E-state index is 0. The Hall–Kier alpha value is -1.27. The number of carbonyl (C=O) groups is 3. The molecule has 0 aromatic heterocycles. The van der Waals surface area contributed by atoms with Crippen molar-refractivity contribution in [2.45, 2.75) is 0 Å². The van der Waals surface area contributed by atoms with Crippen molar-refractivity contribution >= 4 is 18.2 Å². The molecule has 0 aromatic rings. The predicted molar refractivity (Wildman–Crippen MR) is 29.3 cm³/mol.